The number of Topliss-reactive ketones (excluding diaryl/α,β-unsaturated/α-hetero) is 1. The van der Waals surface area contributed by atoms with Crippen LogP contribution in [-0.2, 0) is 6.54 Å². The fourth-order valence-electron chi connectivity index (χ4n) is 3.60. The summed E-state index contributed by atoms with van der Waals surface area (Å²) in [7, 11) is 0. The Morgan fingerprint density at radius 2 is 1.41 bits per heavy atom. The van der Waals surface area contributed by atoms with Crippen LogP contribution in [0.1, 0.15) is 10.4 Å². The Morgan fingerprint density at radius 3 is 2.03 bits per heavy atom. The Bertz CT molecular complexity index is 1370. The zero-order valence-corrected chi connectivity index (χ0v) is 18.7. The number of nitrogen functional groups attached to an aromatic ring is 1. The fourth-order valence-corrected chi connectivity index (χ4v) is 3.60. The lowest BCUT2D eigenvalue weighted by atomic mass is 10.1. The van der Waals surface area contributed by atoms with Crippen molar-refractivity contribution in [2.24, 2.45) is 0 Å². The maximum atomic E-state index is 12.9. The molecule has 5 aromatic rings. The zero-order chi connectivity index (χ0) is 21.2. The third kappa shape index (κ3) is 4.02. The van der Waals surface area contributed by atoms with Gasteiger partial charge in [-0.3, -0.25) is 4.79 Å². The number of carbonyl (C=O) groups is 1. The minimum Gasteiger partial charge on any atom is -1.00 e. The number of aromatic nitrogens is 4. The Morgan fingerprint density at radius 1 is 0.844 bits per heavy atom. The van der Waals surface area contributed by atoms with E-state index in [0.29, 0.717) is 11.3 Å². The molecule has 0 fully saturated rings. The van der Waals surface area contributed by atoms with Crippen molar-refractivity contribution in [1.82, 2.24) is 14.6 Å². The molecule has 0 saturated heterocycles. The van der Waals surface area contributed by atoms with Gasteiger partial charge < -0.3 is 22.7 Å². The number of benzene rings is 3. The molecular weight excluding hydrogens is 466 g/mol. The number of carbonyl (C=O) groups excluding carboxylic acids is 1. The predicted molar refractivity (Wildman–Crippen MR) is 119 cm³/mol. The lowest BCUT2D eigenvalue weighted by Gasteiger charge is -2.05. The van der Waals surface area contributed by atoms with Crippen molar-refractivity contribution < 1.29 is 26.3 Å². The van der Waals surface area contributed by atoms with Crippen molar-refractivity contribution in [2.75, 3.05) is 5.73 Å². The molecule has 158 valence electrons. The second kappa shape index (κ2) is 9.11. The van der Waals surface area contributed by atoms with Crippen LogP contribution < -0.4 is 27.3 Å². The summed E-state index contributed by atoms with van der Waals surface area (Å²) in [6.07, 6.45) is 0. The van der Waals surface area contributed by atoms with Crippen molar-refractivity contribution in [3.63, 3.8) is 0 Å². The third-order valence-electron chi connectivity index (χ3n) is 5.17. The number of hydrogen-bond acceptors (Lipinski definition) is 4. The topological polar surface area (TPSA) is 77.2 Å². The van der Waals surface area contributed by atoms with Crippen molar-refractivity contribution >= 4 is 17.5 Å². The first kappa shape index (κ1) is 21.4. The van der Waals surface area contributed by atoms with Crippen molar-refractivity contribution in [3.8, 4) is 22.5 Å². The van der Waals surface area contributed by atoms with Crippen LogP contribution in [0.4, 0.5) is 5.95 Å². The molecule has 5 rings (SSSR count). The van der Waals surface area contributed by atoms with Gasteiger partial charge >= 0.3 is 11.7 Å². The third-order valence-corrected chi connectivity index (χ3v) is 5.17. The molecule has 0 bridgehead atoms. The first-order valence-electron chi connectivity index (χ1n) is 9.99. The summed E-state index contributed by atoms with van der Waals surface area (Å²) in [5.74, 6) is 0.696. The van der Waals surface area contributed by atoms with Gasteiger partial charge in [0.05, 0.1) is 0 Å². The summed E-state index contributed by atoms with van der Waals surface area (Å²) < 4.78 is 3.36. The van der Waals surface area contributed by atoms with E-state index in [1.807, 2.05) is 84.9 Å². The number of halogens is 1. The van der Waals surface area contributed by atoms with Crippen LogP contribution in [-0.4, -0.2) is 20.4 Å². The largest absolute Gasteiger partial charge is 1.00 e. The van der Waals surface area contributed by atoms with E-state index in [2.05, 4.69) is 5.10 Å². The highest BCUT2D eigenvalue weighted by Crippen LogP contribution is 2.25. The Kier molecular flexibility index (Phi) is 6.09. The Balaban J connectivity index is 0.00000245. The van der Waals surface area contributed by atoms with Crippen LogP contribution in [0.5, 0.6) is 0 Å². The monoisotopic (exact) mass is 485 g/mol. The van der Waals surface area contributed by atoms with E-state index < -0.39 is 0 Å². The molecule has 6 nitrogen and oxygen atoms in total. The minimum absolute atomic E-state index is 0. The summed E-state index contributed by atoms with van der Waals surface area (Å²) in [6.45, 7) is 0.0544. The highest BCUT2D eigenvalue weighted by atomic mass is 79.9. The number of fused-ring (bicyclic) bond motifs is 1. The molecule has 2 heterocycles. The van der Waals surface area contributed by atoms with Gasteiger partial charge in [0.15, 0.2) is 5.78 Å². The lowest BCUT2D eigenvalue weighted by molar-refractivity contribution is -0.645. The Hall–Kier alpha value is -3.84. The van der Waals surface area contributed by atoms with Crippen molar-refractivity contribution in [1.29, 1.82) is 0 Å². The Labute approximate surface area is 195 Å². The van der Waals surface area contributed by atoms with Gasteiger partial charge in [0.2, 0.25) is 0 Å². The molecule has 0 aliphatic carbocycles. The maximum Gasteiger partial charge on any atom is 0.359 e. The SMILES string of the molecule is Nc1nn2c(-c3ccccc3)cc(-c3ccccc3)nc2[n+]1CC(=O)c1ccccc1.[Br-]. The molecule has 7 heteroatoms. The molecule has 32 heavy (non-hydrogen) atoms. The molecule has 0 unspecified atom stereocenters. The van der Waals surface area contributed by atoms with E-state index in [9.17, 15) is 4.79 Å². The standard InChI is InChI=1S/C25H20N5O.BrH/c26-24-28-30-22(19-12-6-2-7-13-19)16-21(18-10-4-1-5-11-18)27-25(30)29(24)17-23(31)20-14-8-3-9-15-20;/h1-16H,17H2,(H2,26,28);1H/q+1;/p-1. The smallest absolute Gasteiger partial charge is 0.359 e. The highest BCUT2D eigenvalue weighted by molar-refractivity contribution is 5.95. The van der Waals surface area contributed by atoms with E-state index in [0.717, 1.165) is 22.5 Å². The van der Waals surface area contributed by atoms with Crippen LogP contribution in [0, 0.1) is 0 Å². The molecule has 0 radical (unpaired) electrons. The number of nitrogens with zero attached hydrogens (tertiary/aromatic N) is 4. The second-order valence-corrected chi connectivity index (χ2v) is 7.20. The molecule has 0 aliphatic heterocycles. The zero-order valence-electron chi connectivity index (χ0n) is 17.1. The van der Waals surface area contributed by atoms with Crippen LogP contribution in [0.15, 0.2) is 97.1 Å². The summed E-state index contributed by atoms with van der Waals surface area (Å²) in [5.41, 5.74) is 10.5. The average molecular weight is 486 g/mol. The van der Waals surface area contributed by atoms with Gasteiger partial charge in [0.25, 0.3) is 0 Å². The van der Waals surface area contributed by atoms with Crippen LogP contribution >= 0.6 is 0 Å². The van der Waals surface area contributed by atoms with Gasteiger partial charge in [0, 0.05) is 27.9 Å². The number of nitrogens with two attached hydrogens (primary N) is 1. The first-order valence-corrected chi connectivity index (χ1v) is 9.99. The minimum atomic E-state index is -0.0552. The highest BCUT2D eigenvalue weighted by Gasteiger charge is 2.25. The quantitative estimate of drug-likeness (QED) is 0.295. The molecule has 0 atom stereocenters. The van der Waals surface area contributed by atoms with E-state index in [-0.39, 0.29) is 35.3 Å². The summed E-state index contributed by atoms with van der Waals surface area (Å²) in [5, 5.41) is 4.51. The molecule has 0 saturated carbocycles. The first-order chi connectivity index (χ1) is 15.2. The molecule has 0 amide bonds. The van der Waals surface area contributed by atoms with Crippen LogP contribution in [0.2, 0.25) is 0 Å². The van der Waals surface area contributed by atoms with Gasteiger partial charge in [-0.25, -0.2) is 4.57 Å². The van der Waals surface area contributed by atoms with Gasteiger partial charge in [-0.05, 0) is 0 Å². The van der Waals surface area contributed by atoms with E-state index in [1.54, 1.807) is 21.2 Å². The molecular formula is C25H20BrN5O. The number of ketones is 1. The van der Waals surface area contributed by atoms with Gasteiger partial charge in [-0.1, -0.05) is 95.5 Å². The van der Waals surface area contributed by atoms with Crippen LogP contribution in [0.25, 0.3) is 28.3 Å². The van der Waals surface area contributed by atoms with Crippen molar-refractivity contribution in [2.45, 2.75) is 6.54 Å². The molecule has 0 aliphatic rings. The van der Waals surface area contributed by atoms with E-state index in [4.69, 9.17) is 10.7 Å². The summed E-state index contributed by atoms with van der Waals surface area (Å²) >= 11 is 0. The van der Waals surface area contributed by atoms with E-state index in [1.165, 1.54) is 0 Å². The van der Waals surface area contributed by atoms with Gasteiger partial charge in [0.1, 0.15) is 17.9 Å². The maximum absolute atomic E-state index is 12.9. The summed E-state index contributed by atoms with van der Waals surface area (Å²) in [4.78, 5) is 17.7. The molecule has 0 spiro atoms. The fraction of sp³-hybridized carbons (Fsp3) is 0.0400. The summed E-state index contributed by atoms with van der Waals surface area (Å²) in [6, 6.07) is 31.0. The van der Waals surface area contributed by atoms with E-state index >= 15 is 0 Å². The van der Waals surface area contributed by atoms with Crippen LogP contribution in [0.3, 0.4) is 0 Å². The number of rotatable bonds is 5. The lowest BCUT2D eigenvalue weighted by Crippen LogP contribution is -3.00. The predicted octanol–water partition coefficient (Wildman–Crippen LogP) is 0.820. The second-order valence-electron chi connectivity index (χ2n) is 7.20. The molecule has 2 N–H and O–H groups in total. The van der Waals surface area contributed by atoms with Gasteiger partial charge in [-0.2, -0.15) is 0 Å². The number of hydrogen-bond donors (Lipinski definition) is 1. The average Bonchev–Trinajstić information content (AvgIpc) is 3.15. The number of anilines is 1. The molecule has 3 aromatic carbocycles. The van der Waals surface area contributed by atoms with Crippen molar-refractivity contribution in [3.05, 3.63) is 103 Å². The van der Waals surface area contributed by atoms with Gasteiger partial charge in [-0.15, -0.1) is 4.98 Å². The molecule has 2 aromatic heterocycles. The normalized spacial score (nSPS) is 10.6.